The lowest BCUT2D eigenvalue weighted by atomic mass is 10.1. The molecule has 0 heterocycles. The van der Waals surface area contributed by atoms with Crippen molar-refractivity contribution in [2.24, 2.45) is 0 Å². The summed E-state index contributed by atoms with van der Waals surface area (Å²) < 4.78 is 0. The molecule has 0 radical (unpaired) electrons. The van der Waals surface area contributed by atoms with Crippen LogP contribution in [0.3, 0.4) is 0 Å². The maximum atomic E-state index is 10.7. The Kier molecular flexibility index (Phi) is 4.41. The third-order valence-corrected chi connectivity index (χ3v) is 3.39. The Bertz CT molecular complexity index is 708. The third kappa shape index (κ3) is 3.50. The third-order valence-electron chi connectivity index (χ3n) is 3.08. The van der Waals surface area contributed by atoms with Crippen molar-refractivity contribution in [2.75, 3.05) is 5.32 Å². The van der Waals surface area contributed by atoms with Gasteiger partial charge in [-0.2, -0.15) is 5.26 Å². The molecule has 5 nitrogen and oxygen atoms in total. The highest BCUT2D eigenvalue weighted by Gasteiger charge is 2.12. The highest BCUT2D eigenvalue weighted by atomic mass is 35.5. The largest absolute Gasteiger partial charge is 0.377 e. The molecule has 1 unspecified atom stereocenters. The second-order valence-corrected chi connectivity index (χ2v) is 4.93. The van der Waals surface area contributed by atoms with Gasteiger partial charge in [0.15, 0.2) is 0 Å². The Balaban J connectivity index is 2.17. The predicted octanol–water partition coefficient (Wildman–Crippen LogP) is 4.29. The number of benzene rings is 2. The molecule has 106 valence electrons. The molecular formula is C15H12ClN3O2. The number of hydrogen-bond acceptors (Lipinski definition) is 4. The Morgan fingerprint density at radius 3 is 2.48 bits per heavy atom. The summed E-state index contributed by atoms with van der Waals surface area (Å²) in [5.41, 5.74) is 2.17. The minimum atomic E-state index is -0.486. The fourth-order valence-electron chi connectivity index (χ4n) is 1.90. The van der Waals surface area contributed by atoms with Gasteiger partial charge in [-0.1, -0.05) is 23.7 Å². The zero-order valence-corrected chi connectivity index (χ0v) is 12.0. The van der Waals surface area contributed by atoms with Crippen LogP contribution in [0.4, 0.5) is 11.4 Å². The summed E-state index contributed by atoms with van der Waals surface area (Å²) in [5.74, 6) is 0. The van der Waals surface area contributed by atoms with E-state index >= 15 is 0 Å². The van der Waals surface area contributed by atoms with Gasteiger partial charge in [-0.15, -0.1) is 0 Å². The second-order valence-electron chi connectivity index (χ2n) is 4.52. The van der Waals surface area contributed by atoms with Gasteiger partial charge in [0.1, 0.15) is 0 Å². The van der Waals surface area contributed by atoms with Crippen molar-refractivity contribution in [1.82, 2.24) is 0 Å². The Morgan fingerprint density at radius 2 is 1.95 bits per heavy atom. The van der Waals surface area contributed by atoms with Gasteiger partial charge in [0.05, 0.1) is 27.3 Å². The van der Waals surface area contributed by atoms with E-state index in [1.54, 1.807) is 18.2 Å². The SMILES string of the molecule is CC(Nc1ccc([N+](=O)[O-])cc1Cl)c1ccc(C#N)cc1. The molecule has 0 aromatic heterocycles. The summed E-state index contributed by atoms with van der Waals surface area (Å²) in [6.45, 7) is 1.94. The summed E-state index contributed by atoms with van der Waals surface area (Å²) in [6, 6.07) is 13.5. The van der Waals surface area contributed by atoms with Crippen LogP contribution < -0.4 is 5.32 Å². The fraction of sp³-hybridized carbons (Fsp3) is 0.133. The molecule has 21 heavy (non-hydrogen) atoms. The van der Waals surface area contributed by atoms with Gasteiger partial charge in [-0.25, -0.2) is 0 Å². The molecule has 0 aliphatic heterocycles. The van der Waals surface area contributed by atoms with Gasteiger partial charge in [-0.3, -0.25) is 10.1 Å². The number of nitro groups is 1. The average Bonchev–Trinajstić information content (AvgIpc) is 2.49. The van der Waals surface area contributed by atoms with E-state index in [2.05, 4.69) is 11.4 Å². The molecule has 2 aromatic carbocycles. The molecule has 0 amide bonds. The van der Waals surface area contributed by atoms with E-state index in [0.717, 1.165) is 5.56 Å². The molecule has 1 N–H and O–H groups in total. The van der Waals surface area contributed by atoms with E-state index in [1.165, 1.54) is 12.1 Å². The lowest BCUT2D eigenvalue weighted by Gasteiger charge is -2.16. The number of nitrogens with zero attached hydrogens (tertiary/aromatic N) is 2. The van der Waals surface area contributed by atoms with Gasteiger partial charge in [-0.05, 0) is 30.7 Å². The van der Waals surface area contributed by atoms with Gasteiger partial charge in [0, 0.05) is 18.2 Å². The molecule has 0 aliphatic rings. The van der Waals surface area contributed by atoms with Gasteiger partial charge in [0.25, 0.3) is 5.69 Å². The summed E-state index contributed by atoms with van der Waals surface area (Å²) in [7, 11) is 0. The molecule has 1 atom stereocenters. The van der Waals surface area contributed by atoms with Crippen molar-refractivity contribution in [3.63, 3.8) is 0 Å². The van der Waals surface area contributed by atoms with Crippen LogP contribution in [0.25, 0.3) is 0 Å². The van der Waals surface area contributed by atoms with Crippen molar-refractivity contribution in [3.8, 4) is 6.07 Å². The van der Waals surface area contributed by atoms with Crippen LogP contribution in [0.1, 0.15) is 24.1 Å². The number of halogens is 1. The number of hydrogen-bond donors (Lipinski definition) is 1. The molecule has 6 heteroatoms. The maximum Gasteiger partial charge on any atom is 0.271 e. The first-order chi connectivity index (χ1) is 10.0. The highest BCUT2D eigenvalue weighted by molar-refractivity contribution is 6.33. The normalized spacial score (nSPS) is 11.5. The van der Waals surface area contributed by atoms with E-state index in [1.807, 2.05) is 19.1 Å². The van der Waals surface area contributed by atoms with Crippen LogP contribution in [0.15, 0.2) is 42.5 Å². The number of nitriles is 1. The number of rotatable bonds is 4. The molecule has 0 fully saturated rings. The van der Waals surface area contributed by atoms with Gasteiger partial charge >= 0.3 is 0 Å². The van der Waals surface area contributed by atoms with Crippen molar-refractivity contribution in [2.45, 2.75) is 13.0 Å². The summed E-state index contributed by atoms with van der Waals surface area (Å²) in [4.78, 5) is 10.2. The first kappa shape index (κ1) is 14.8. The molecule has 0 aliphatic carbocycles. The van der Waals surface area contributed by atoms with Crippen molar-refractivity contribution >= 4 is 23.0 Å². The van der Waals surface area contributed by atoms with E-state index in [0.29, 0.717) is 16.3 Å². The predicted molar refractivity (Wildman–Crippen MR) is 81.3 cm³/mol. The molecule has 0 spiro atoms. The zero-order chi connectivity index (χ0) is 15.4. The van der Waals surface area contributed by atoms with Crippen LogP contribution in [0.5, 0.6) is 0 Å². The number of anilines is 1. The van der Waals surface area contributed by atoms with Crippen LogP contribution in [-0.2, 0) is 0 Å². The number of non-ortho nitro benzene ring substituents is 1. The van der Waals surface area contributed by atoms with Crippen molar-refractivity contribution in [3.05, 3.63) is 68.7 Å². The highest BCUT2D eigenvalue weighted by Crippen LogP contribution is 2.29. The molecule has 2 rings (SSSR count). The summed E-state index contributed by atoms with van der Waals surface area (Å²) in [6.07, 6.45) is 0. The smallest absolute Gasteiger partial charge is 0.271 e. The molecule has 0 bridgehead atoms. The molecule has 0 saturated carbocycles. The van der Waals surface area contributed by atoms with Gasteiger partial charge in [0.2, 0.25) is 0 Å². The minimum Gasteiger partial charge on any atom is -0.377 e. The minimum absolute atomic E-state index is 0.0447. The topological polar surface area (TPSA) is 79.0 Å². The molecular weight excluding hydrogens is 290 g/mol. The Morgan fingerprint density at radius 1 is 1.29 bits per heavy atom. The molecule has 2 aromatic rings. The first-order valence-corrected chi connectivity index (χ1v) is 6.59. The quantitative estimate of drug-likeness (QED) is 0.674. The van der Waals surface area contributed by atoms with Crippen LogP contribution in [0, 0.1) is 21.4 Å². The van der Waals surface area contributed by atoms with Crippen LogP contribution in [-0.4, -0.2) is 4.92 Å². The Hall–Kier alpha value is -2.58. The monoisotopic (exact) mass is 301 g/mol. The van der Waals surface area contributed by atoms with Crippen LogP contribution >= 0.6 is 11.6 Å². The standard InChI is InChI=1S/C15H12ClN3O2/c1-10(12-4-2-11(9-17)3-5-12)18-15-7-6-13(19(20)21)8-14(15)16/h2-8,10,18H,1H3. The van der Waals surface area contributed by atoms with E-state index in [9.17, 15) is 10.1 Å². The van der Waals surface area contributed by atoms with E-state index in [-0.39, 0.29) is 11.7 Å². The van der Waals surface area contributed by atoms with Crippen molar-refractivity contribution < 1.29 is 4.92 Å². The lowest BCUT2D eigenvalue weighted by molar-refractivity contribution is -0.384. The molecule has 0 saturated heterocycles. The van der Waals surface area contributed by atoms with Crippen LogP contribution in [0.2, 0.25) is 5.02 Å². The second kappa shape index (κ2) is 6.25. The number of nitro benzene ring substituents is 1. The lowest BCUT2D eigenvalue weighted by Crippen LogP contribution is -2.07. The van der Waals surface area contributed by atoms with E-state index < -0.39 is 4.92 Å². The van der Waals surface area contributed by atoms with Gasteiger partial charge < -0.3 is 5.32 Å². The summed E-state index contributed by atoms with van der Waals surface area (Å²) >= 11 is 6.04. The number of nitrogens with one attached hydrogen (secondary N) is 1. The Labute approximate surface area is 126 Å². The first-order valence-electron chi connectivity index (χ1n) is 6.22. The average molecular weight is 302 g/mol. The summed E-state index contributed by atoms with van der Waals surface area (Å²) in [5, 5.41) is 22.9. The maximum absolute atomic E-state index is 10.7. The fourth-order valence-corrected chi connectivity index (χ4v) is 2.13. The zero-order valence-electron chi connectivity index (χ0n) is 11.2. The van der Waals surface area contributed by atoms with E-state index in [4.69, 9.17) is 16.9 Å². The van der Waals surface area contributed by atoms with Crippen molar-refractivity contribution in [1.29, 1.82) is 5.26 Å².